The molecule has 100 valence electrons. The number of carbonyl (C=O) groups is 1. The summed E-state index contributed by atoms with van der Waals surface area (Å²) in [5.41, 5.74) is 1.10. The van der Waals surface area contributed by atoms with Gasteiger partial charge in [-0.1, -0.05) is 0 Å². The molecule has 0 aliphatic rings. The van der Waals surface area contributed by atoms with E-state index in [4.69, 9.17) is 0 Å². The molecule has 0 atom stereocenters. The zero-order valence-electron chi connectivity index (χ0n) is 11.1. The van der Waals surface area contributed by atoms with Gasteiger partial charge in [0, 0.05) is 19.7 Å². The predicted octanol–water partition coefficient (Wildman–Crippen LogP) is 1.20. The fourth-order valence-corrected chi connectivity index (χ4v) is 1.65. The Bertz CT molecular complexity index is 592. The van der Waals surface area contributed by atoms with Gasteiger partial charge in [0.1, 0.15) is 17.3 Å². The van der Waals surface area contributed by atoms with Crippen LogP contribution in [0.15, 0.2) is 18.5 Å². The van der Waals surface area contributed by atoms with E-state index in [0.29, 0.717) is 11.6 Å². The van der Waals surface area contributed by atoms with Crippen LogP contribution in [0.3, 0.4) is 0 Å². The molecular formula is C12H16N6O. The van der Waals surface area contributed by atoms with Crippen molar-refractivity contribution in [1.82, 2.24) is 19.7 Å². The lowest BCUT2D eigenvalue weighted by atomic mass is 10.4. The second kappa shape index (κ2) is 5.47. The first-order valence-electron chi connectivity index (χ1n) is 5.98. The van der Waals surface area contributed by atoms with Crippen LogP contribution in [0.5, 0.6) is 0 Å². The van der Waals surface area contributed by atoms with Crippen molar-refractivity contribution in [2.24, 2.45) is 7.05 Å². The van der Waals surface area contributed by atoms with Gasteiger partial charge in [-0.2, -0.15) is 5.10 Å². The highest BCUT2D eigenvalue weighted by Crippen LogP contribution is 2.10. The molecule has 1 amide bonds. The average Bonchev–Trinajstić information content (AvgIpc) is 2.68. The van der Waals surface area contributed by atoms with Crippen molar-refractivity contribution < 1.29 is 4.79 Å². The van der Waals surface area contributed by atoms with Gasteiger partial charge in [0.15, 0.2) is 0 Å². The number of rotatable bonds is 4. The van der Waals surface area contributed by atoms with Crippen molar-refractivity contribution in [2.45, 2.75) is 13.8 Å². The lowest BCUT2D eigenvalue weighted by Crippen LogP contribution is -2.17. The number of nitrogens with one attached hydrogen (secondary N) is 2. The smallest absolute Gasteiger partial charge is 0.277 e. The Morgan fingerprint density at radius 2 is 2.21 bits per heavy atom. The Labute approximate surface area is 111 Å². The second-order valence-corrected chi connectivity index (χ2v) is 4.07. The van der Waals surface area contributed by atoms with Crippen LogP contribution in [0.4, 0.5) is 11.6 Å². The summed E-state index contributed by atoms with van der Waals surface area (Å²) >= 11 is 0. The molecule has 7 heteroatoms. The Morgan fingerprint density at radius 1 is 1.42 bits per heavy atom. The predicted molar refractivity (Wildman–Crippen MR) is 72.1 cm³/mol. The molecule has 0 aliphatic heterocycles. The third-order valence-corrected chi connectivity index (χ3v) is 2.47. The molecule has 0 unspecified atom stereocenters. The molecule has 2 rings (SSSR count). The average molecular weight is 260 g/mol. The standard InChI is InChI=1S/C12H16N6O/c1-4-14-10-7-13-6-9(15-10)12(19)16-11-5-8(2)17-18(11)3/h5-7H,4H2,1-3H3,(H,14,15)(H,16,19). The zero-order valence-corrected chi connectivity index (χ0v) is 11.1. The molecule has 2 aromatic heterocycles. The molecule has 0 radical (unpaired) electrons. The molecule has 2 aromatic rings. The van der Waals surface area contributed by atoms with Crippen LogP contribution < -0.4 is 10.6 Å². The van der Waals surface area contributed by atoms with Gasteiger partial charge in [0.25, 0.3) is 5.91 Å². The maximum Gasteiger partial charge on any atom is 0.277 e. The first-order chi connectivity index (χ1) is 9.10. The van der Waals surface area contributed by atoms with Crippen molar-refractivity contribution in [3.8, 4) is 0 Å². The number of anilines is 2. The van der Waals surface area contributed by atoms with E-state index < -0.39 is 0 Å². The molecule has 0 fully saturated rings. The topological polar surface area (TPSA) is 84.7 Å². The van der Waals surface area contributed by atoms with Crippen LogP contribution in [0, 0.1) is 6.92 Å². The monoisotopic (exact) mass is 260 g/mol. The fourth-order valence-electron chi connectivity index (χ4n) is 1.65. The molecule has 2 N–H and O–H groups in total. The summed E-state index contributed by atoms with van der Waals surface area (Å²) < 4.78 is 1.61. The van der Waals surface area contributed by atoms with E-state index in [-0.39, 0.29) is 11.6 Å². The Morgan fingerprint density at radius 3 is 2.84 bits per heavy atom. The molecule has 0 saturated heterocycles. The third kappa shape index (κ3) is 3.06. The number of aromatic nitrogens is 4. The maximum absolute atomic E-state index is 12.0. The van der Waals surface area contributed by atoms with Gasteiger partial charge in [0.2, 0.25) is 0 Å². The van der Waals surface area contributed by atoms with Crippen molar-refractivity contribution in [2.75, 3.05) is 17.2 Å². The van der Waals surface area contributed by atoms with Crippen LogP contribution in [-0.4, -0.2) is 32.2 Å². The summed E-state index contributed by atoms with van der Waals surface area (Å²) in [6, 6.07) is 1.79. The molecule has 0 saturated carbocycles. The Balaban J connectivity index is 2.15. The van der Waals surface area contributed by atoms with Gasteiger partial charge in [0.05, 0.1) is 18.1 Å². The largest absolute Gasteiger partial charge is 0.369 e. The van der Waals surface area contributed by atoms with Crippen molar-refractivity contribution in [3.63, 3.8) is 0 Å². The van der Waals surface area contributed by atoms with Gasteiger partial charge >= 0.3 is 0 Å². The highest BCUT2D eigenvalue weighted by molar-refractivity contribution is 6.02. The molecule has 19 heavy (non-hydrogen) atoms. The summed E-state index contributed by atoms with van der Waals surface area (Å²) in [6.45, 7) is 4.54. The molecule has 0 aromatic carbocycles. The number of nitrogens with zero attached hydrogens (tertiary/aromatic N) is 4. The molecular weight excluding hydrogens is 244 g/mol. The number of hydrogen-bond acceptors (Lipinski definition) is 5. The summed E-state index contributed by atoms with van der Waals surface area (Å²) in [4.78, 5) is 20.2. The summed E-state index contributed by atoms with van der Waals surface area (Å²) in [6.07, 6.45) is 3.01. The van der Waals surface area contributed by atoms with Gasteiger partial charge in [-0.15, -0.1) is 0 Å². The number of aryl methyl sites for hydroxylation is 2. The van der Waals surface area contributed by atoms with Crippen LogP contribution in [0.25, 0.3) is 0 Å². The SMILES string of the molecule is CCNc1cncc(C(=O)Nc2cc(C)nn2C)n1. The van der Waals surface area contributed by atoms with E-state index in [1.807, 2.05) is 13.8 Å². The summed E-state index contributed by atoms with van der Waals surface area (Å²) in [5, 5.41) is 9.92. The van der Waals surface area contributed by atoms with Crippen LogP contribution in [-0.2, 0) is 7.05 Å². The van der Waals surface area contributed by atoms with Gasteiger partial charge < -0.3 is 10.6 Å². The van der Waals surface area contributed by atoms with Crippen LogP contribution >= 0.6 is 0 Å². The highest BCUT2D eigenvalue weighted by atomic mass is 16.2. The molecule has 0 aliphatic carbocycles. The lowest BCUT2D eigenvalue weighted by Gasteiger charge is -2.06. The van der Waals surface area contributed by atoms with Gasteiger partial charge in [-0.3, -0.25) is 14.5 Å². The lowest BCUT2D eigenvalue weighted by molar-refractivity contribution is 0.102. The number of amides is 1. The molecule has 7 nitrogen and oxygen atoms in total. The molecule has 2 heterocycles. The minimum Gasteiger partial charge on any atom is -0.369 e. The molecule has 0 spiro atoms. The normalized spacial score (nSPS) is 10.3. The van der Waals surface area contributed by atoms with Gasteiger partial charge in [-0.25, -0.2) is 4.98 Å². The zero-order chi connectivity index (χ0) is 13.8. The molecule has 0 bridgehead atoms. The first kappa shape index (κ1) is 13.0. The number of hydrogen-bond donors (Lipinski definition) is 2. The minimum absolute atomic E-state index is 0.261. The number of carbonyl (C=O) groups excluding carboxylic acids is 1. The van der Waals surface area contributed by atoms with E-state index in [1.165, 1.54) is 6.20 Å². The quantitative estimate of drug-likeness (QED) is 0.863. The summed E-state index contributed by atoms with van der Waals surface area (Å²) in [7, 11) is 1.77. The van der Waals surface area contributed by atoms with Crippen molar-refractivity contribution in [1.29, 1.82) is 0 Å². The third-order valence-electron chi connectivity index (χ3n) is 2.47. The maximum atomic E-state index is 12.0. The van der Waals surface area contributed by atoms with E-state index in [1.54, 1.807) is 24.0 Å². The fraction of sp³-hybridized carbons (Fsp3) is 0.333. The minimum atomic E-state index is -0.310. The Kier molecular flexibility index (Phi) is 3.74. The summed E-state index contributed by atoms with van der Waals surface area (Å²) in [5.74, 6) is 0.893. The Hall–Kier alpha value is -2.44. The van der Waals surface area contributed by atoms with E-state index in [9.17, 15) is 4.79 Å². The van der Waals surface area contributed by atoms with E-state index in [0.717, 1.165) is 12.2 Å². The van der Waals surface area contributed by atoms with Crippen molar-refractivity contribution in [3.05, 3.63) is 29.8 Å². The van der Waals surface area contributed by atoms with E-state index >= 15 is 0 Å². The van der Waals surface area contributed by atoms with E-state index in [2.05, 4.69) is 25.7 Å². The first-order valence-corrected chi connectivity index (χ1v) is 5.98. The van der Waals surface area contributed by atoms with Gasteiger partial charge in [-0.05, 0) is 13.8 Å². The van der Waals surface area contributed by atoms with Crippen LogP contribution in [0.1, 0.15) is 23.1 Å². The highest BCUT2D eigenvalue weighted by Gasteiger charge is 2.11. The van der Waals surface area contributed by atoms with Crippen LogP contribution in [0.2, 0.25) is 0 Å². The second-order valence-electron chi connectivity index (χ2n) is 4.07. The van der Waals surface area contributed by atoms with Crippen molar-refractivity contribution >= 4 is 17.5 Å².